The van der Waals surface area contributed by atoms with E-state index in [4.69, 9.17) is 5.73 Å². The van der Waals surface area contributed by atoms with E-state index in [1.807, 2.05) is 0 Å². The summed E-state index contributed by atoms with van der Waals surface area (Å²) in [5.74, 6) is 0.467. The average Bonchev–Trinajstić information content (AvgIpc) is 2.74. The summed E-state index contributed by atoms with van der Waals surface area (Å²) in [5, 5.41) is 16.5. The Balaban J connectivity index is 2.59. The topological polar surface area (TPSA) is 95.2 Å². The third-order valence-electron chi connectivity index (χ3n) is 4.12. The molecular formula is C13H22N4O2. The fraction of sp³-hybridized carbons (Fsp3) is 0.692. The molecule has 1 aliphatic rings. The van der Waals surface area contributed by atoms with E-state index in [1.165, 1.54) is 4.90 Å². The van der Waals surface area contributed by atoms with Gasteiger partial charge in [0.25, 0.3) is 0 Å². The van der Waals surface area contributed by atoms with Crippen LogP contribution in [0.5, 0.6) is 0 Å². The molecule has 0 spiro atoms. The van der Waals surface area contributed by atoms with Crippen LogP contribution in [0.15, 0.2) is 6.07 Å². The number of nitrogens with zero attached hydrogens (tertiary/aromatic N) is 2. The van der Waals surface area contributed by atoms with Crippen molar-refractivity contribution in [2.45, 2.75) is 45.6 Å². The number of nitrogen functional groups attached to an aromatic ring is 1. The zero-order valence-electron chi connectivity index (χ0n) is 11.7. The second-order valence-corrected chi connectivity index (χ2v) is 6.21. The fourth-order valence-electron chi connectivity index (χ4n) is 3.21. The maximum absolute atomic E-state index is 11.7. The predicted molar refractivity (Wildman–Crippen MR) is 72.7 cm³/mol. The Morgan fingerprint density at radius 1 is 1.53 bits per heavy atom. The van der Waals surface area contributed by atoms with Gasteiger partial charge in [-0.25, -0.2) is 4.79 Å². The molecular weight excluding hydrogens is 244 g/mol. The third kappa shape index (κ3) is 2.05. The Labute approximate surface area is 113 Å². The summed E-state index contributed by atoms with van der Waals surface area (Å²) in [5.41, 5.74) is 5.57. The molecule has 1 saturated heterocycles. The number of hydrogen-bond acceptors (Lipinski definition) is 3. The molecule has 1 aromatic heterocycles. The van der Waals surface area contributed by atoms with Gasteiger partial charge in [0, 0.05) is 12.6 Å². The minimum Gasteiger partial charge on any atom is -0.465 e. The molecule has 0 aromatic carbocycles. The number of rotatable bonds is 1. The standard InChI is InChI=1S/C13H22N4O2/c1-12(2,3)13(9-8-10(14)16-15-9)6-4-5-7-17(13)11(18)19/h8H,4-7H2,1-3H3,(H,18,19)(H3,14,15,16). The van der Waals surface area contributed by atoms with Crippen molar-refractivity contribution in [3.8, 4) is 0 Å². The number of anilines is 1. The molecule has 6 heteroatoms. The third-order valence-corrected chi connectivity index (χ3v) is 4.12. The van der Waals surface area contributed by atoms with Gasteiger partial charge in [-0.2, -0.15) is 5.10 Å². The first-order chi connectivity index (χ1) is 8.79. The van der Waals surface area contributed by atoms with Crippen LogP contribution in [-0.2, 0) is 5.54 Å². The number of aromatic amines is 1. The Morgan fingerprint density at radius 3 is 2.68 bits per heavy atom. The van der Waals surface area contributed by atoms with Crippen molar-refractivity contribution in [3.63, 3.8) is 0 Å². The van der Waals surface area contributed by atoms with E-state index in [-0.39, 0.29) is 5.41 Å². The van der Waals surface area contributed by atoms with E-state index >= 15 is 0 Å². The first-order valence-corrected chi connectivity index (χ1v) is 6.61. The van der Waals surface area contributed by atoms with Crippen molar-refractivity contribution in [1.29, 1.82) is 0 Å². The lowest BCUT2D eigenvalue weighted by atomic mass is 9.66. The molecule has 0 bridgehead atoms. The Morgan fingerprint density at radius 2 is 2.21 bits per heavy atom. The molecule has 6 nitrogen and oxygen atoms in total. The highest BCUT2D eigenvalue weighted by Crippen LogP contribution is 2.49. The maximum Gasteiger partial charge on any atom is 0.408 e. The van der Waals surface area contributed by atoms with Crippen LogP contribution in [0.25, 0.3) is 0 Å². The van der Waals surface area contributed by atoms with Gasteiger partial charge >= 0.3 is 6.09 Å². The molecule has 2 heterocycles. The lowest BCUT2D eigenvalue weighted by Crippen LogP contribution is -2.59. The maximum atomic E-state index is 11.7. The summed E-state index contributed by atoms with van der Waals surface area (Å²) in [6.07, 6.45) is 1.77. The zero-order chi connectivity index (χ0) is 14.3. The van der Waals surface area contributed by atoms with Crippen LogP contribution in [0.3, 0.4) is 0 Å². The Bertz CT molecular complexity index is 477. The van der Waals surface area contributed by atoms with E-state index in [0.29, 0.717) is 12.4 Å². The van der Waals surface area contributed by atoms with Crippen LogP contribution in [0.2, 0.25) is 0 Å². The number of aromatic nitrogens is 2. The molecule has 1 aliphatic heterocycles. The van der Waals surface area contributed by atoms with Crippen molar-refractivity contribution in [2.75, 3.05) is 12.3 Å². The molecule has 1 atom stereocenters. The van der Waals surface area contributed by atoms with E-state index in [9.17, 15) is 9.90 Å². The van der Waals surface area contributed by atoms with Crippen molar-refractivity contribution < 1.29 is 9.90 Å². The van der Waals surface area contributed by atoms with Gasteiger partial charge in [0.1, 0.15) is 5.82 Å². The van der Waals surface area contributed by atoms with Gasteiger partial charge in [0.15, 0.2) is 0 Å². The number of likely N-dealkylation sites (tertiary alicyclic amines) is 1. The van der Waals surface area contributed by atoms with Gasteiger partial charge in [-0.05, 0) is 24.7 Å². The van der Waals surface area contributed by atoms with E-state index in [2.05, 4.69) is 31.0 Å². The largest absolute Gasteiger partial charge is 0.465 e. The predicted octanol–water partition coefficient (Wildman–Crippen LogP) is 2.40. The molecule has 2 rings (SSSR count). The highest BCUT2D eigenvalue weighted by molar-refractivity contribution is 5.67. The zero-order valence-corrected chi connectivity index (χ0v) is 11.7. The van der Waals surface area contributed by atoms with Gasteiger partial charge in [-0.15, -0.1) is 0 Å². The lowest BCUT2D eigenvalue weighted by molar-refractivity contribution is -0.0322. The van der Waals surface area contributed by atoms with Gasteiger partial charge < -0.3 is 10.8 Å². The minimum atomic E-state index is -0.892. The summed E-state index contributed by atoms with van der Waals surface area (Å²) in [7, 11) is 0. The summed E-state index contributed by atoms with van der Waals surface area (Å²) < 4.78 is 0. The monoisotopic (exact) mass is 266 g/mol. The fourth-order valence-corrected chi connectivity index (χ4v) is 3.21. The first kappa shape index (κ1) is 13.7. The van der Waals surface area contributed by atoms with Crippen molar-refractivity contribution in [1.82, 2.24) is 15.1 Å². The molecule has 19 heavy (non-hydrogen) atoms. The highest BCUT2D eigenvalue weighted by Gasteiger charge is 2.52. The normalized spacial score (nSPS) is 24.5. The molecule has 4 N–H and O–H groups in total. The second-order valence-electron chi connectivity index (χ2n) is 6.21. The molecule has 0 radical (unpaired) electrons. The van der Waals surface area contributed by atoms with Crippen LogP contribution in [0.4, 0.5) is 10.6 Å². The van der Waals surface area contributed by atoms with Crippen LogP contribution in [0, 0.1) is 5.41 Å². The van der Waals surface area contributed by atoms with Crippen molar-refractivity contribution >= 4 is 11.9 Å². The van der Waals surface area contributed by atoms with Gasteiger partial charge in [-0.3, -0.25) is 10.00 Å². The molecule has 1 amide bonds. The quantitative estimate of drug-likeness (QED) is 0.727. The summed E-state index contributed by atoms with van der Waals surface area (Å²) in [4.78, 5) is 13.2. The van der Waals surface area contributed by atoms with E-state index in [0.717, 1.165) is 25.0 Å². The number of hydrogen-bond donors (Lipinski definition) is 3. The molecule has 0 aliphatic carbocycles. The summed E-state index contributed by atoms with van der Waals surface area (Å²) in [6.45, 7) is 6.71. The first-order valence-electron chi connectivity index (χ1n) is 6.61. The SMILES string of the molecule is CC(C)(C)C1(c2cc(N)[nH]n2)CCCCN1C(=O)O. The van der Waals surface area contributed by atoms with Crippen LogP contribution < -0.4 is 5.73 Å². The van der Waals surface area contributed by atoms with E-state index in [1.54, 1.807) is 6.07 Å². The Hall–Kier alpha value is -1.72. The average molecular weight is 266 g/mol. The molecule has 1 aromatic rings. The number of nitrogens with one attached hydrogen (secondary N) is 1. The molecule has 106 valence electrons. The summed E-state index contributed by atoms with van der Waals surface area (Å²) >= 11 is 0. The number of nitrogens with two attached hydrogens (primary N) is 1. The van der Waals surface area contributed by atoms with Gasteiger partial charge in [-0.1, -0.05) is 20.8 Å². The lowest BCUT2D eigenvalue weighted by Gasteiger charge is -2.52. The number of carboxylic acid groups (broad SMARTS) is 1. The number of piperidine rings is 1. The molecule has 1 fully saturated rings. The number of amides is 1. The highest BCUT2D eigenvalue weighted by atomic mass is 16.4. The van der Waals surface area contributed by atoms with E-state index < -0.39 is 11.6 Å². The second kappa shape index (κ2) is 4.43. The summed E-state index contributed by atoms with van der Waals surface area (Å²) in [6, 6.07) is 1.76. The smallest absolute Gasteiger partial charge is 0.408 e. The van der Waals surface area contributed by atoms with Gasteiger partial charge in [0.05, 0.1) is 11.2 Å². The van der Waals surface area contributed by atoms with Crippen molar-refractivity contribution in [2.24, 2.45) is 5.41 Å². The molecule has 0 saturated carbocycles. The van der Waals surface area contributed by atoms with Gasteiger partial charge in [0.2, 0.25) is 0 Å². The number of carbonyl (C=O) groups is 1. The van der Waals surface area contributed by atoms with Crippen LogP contribution in [0.1, 0.15) is 45.7 Å². The van der Waals surface area contributed by atoms with Crippen LogP contribution >= 0.6 is 0 Å². The Kier molecular flexibility index (Phi) is 3.20. The van der Waals surface area contributed by atoms with Crippen LogP contribution in [-0.4, -0.2) is 32.8 Å². The minimum absolute atomic E-state index is 0.257. The number of H-pyrrole nitrogens is 1. The van der Waals surface area contributed by atoms with Crippen molar-refractivity contribution in [3.05, 3.63) is 11.8 Å². The molecule has 1 unspecified atom stereocenters.